The predicted octanol–water partition coefficient (Wildman–Crippen LogP) is 1.49. The molecule has 0 bridgehead atoms. The van der Waals surface area contributed by atoms with Crippen LogP contribution in [0.1, 0.15) is 0 Å². The average molecular weight is 176 g/mol. The largest absolute Gasteiger partial charge is 0.433 e. The Morgan fingerprint density at radius 2 is 1.50 bits per heavy atom. The molecule has 0 aliphatic carbocycles. The van der Waals surface area contributed by atoms with Crippen LogP contribution < -0.4 is 0 Å². The molecule has 8 heavy (non-hydrogen) atoms. The van der Waals surface area contributed by atoms with Gasteiger partial charge in [0.15, 0.2) is 8.32 Å². The number of rotatable bonds is 0. The van der Waals surface area contributed by atoms with Crippen molar-refractivity contribution < 1.29 is 8.87 Å². The number of halogens is 1. The van der Waals surface area contributed by atoms with Crippen molar-refractivity contribution in [3.63, 3.8) is 0 Å². The molecule has 5 heteroatoms. The molecule has 0 fully saturated rings. The van der Waals surface area contributed by atoms with E-state index in [4.69, 9.17) is 4.80 Å². The maximum absolute atomic E-state index is 8.66. The van der Waals surface area contributed by atoms with E-state index >= 15 is 0 Å². The normalized spacial score (nSPS) is 10.1. The van der Waals surface area contributed by atoms with Crippen LogP contribution in [0.2, 0.25) is 19.6 Å². The van der Waals surface area contributed by atoms with E-state index in [1.807, 2.05) is 19.6 Å². The highest BCUT2D eigenvalue weighted by molar-refractivity contribution is 7.11. The van der Waals surface area contributed by atoms with Crippen LogP contribution in [0, 0.1) is 0 Å². The van der Waals surface area contributed by atoms with Gasteiger partial charge in [0.1, 0.15) is 21.3 Å². The van der Waals surface area contributed by atoms with Gasteiger partial charge < -0.3 is 4.80 Å². The molecule has 0 aliphatic heterocycles. The summed E-state index contributed by atoms with van der Waals surface area (Å²) in [7, 11) is -0.372. The minimum atomic E-state index is -1.61. The summed E-state index contributed by atoms with van der Waals surface area (Å²) in [5.41, 5.74) is 0. The molecule has 0 aromatic rings. The van der Waals surface area contributed by atoms with Crippen molar-refractivity contribution in [2.24, 2.45) is 0 Å². The second kappa shape index (κ2) is 5.98. The van der Waals surface area contributed by atoms with Crippen molar-refractivity contribution in [2.45, 2.75) is 19.6 Å². The summed E-state index contributed by atoms with van der Waals surface area (Å²) in [6.45, 7) is 5.65. The lowest BCUT2D eigenvalue weighted by atomic mass is 11.8. The van der Waals surface area contributed by atoms with E-state index in [1.165, 1.54) is 9.47 Å². The molecule has 0 amide bonds. The van der Waals surface area contributed by atoms with Gasteiger partial charge in [-0.25, -0.2) is 0 Å². The van der Waals surface area contributed by atoms with Crippen molar-refractivity contribution in [1.82, 2.24) is 0 Å². The Morgan fingerprint density at radius 3 is 1.50 bits per heavy atom. The molecule has 1 atom stereocenters. The summed E-state index contributed by atoms with van der Waals surface area (Å²) in [5, 5.41) is 0. The first-order valence-electron chi connectivity index (χ1n) is 2.17. The van der Waals surface area contributed by atoms with E-state index in [0.29, 0.717) is 0 Å². The van der Waals surface area contributed by atoms with Crippen molar-refractivity contribution in [3.8, 4) is 0 Å². The van der Waals surface area contributed by atoms with Crippen LogP contribution in [0.5, 0.6) is 0 Å². The first kappa shape index (κ1) is 11.6. The summed E-state index contributed by atoms with van der Waals surface area (Å²) in [4.78, 5) is 8.66. The maximum Gasteiger partial charge on any atom is 0.179 e. The van der Waals surface area contributed by atoms with Gasteiger partial charge in [-0.15, -0.1) is 4.08 Å². The Balaban J connectivity index is 0. The van der Waals surface area contributed by atoms with E-state index in [0.717, 1.165) is 0 Å². The standard InChI is InChI=1S/C3H10OSi.ClH3OP/c1-5(2,3)4;1-2-3/h4H,1-3H3;3H3/q;+1. The van der Waals surface area contributed by atoms with Gasteiger partial charge in [-0.1, -0.05) is 0 Å². The second-order valence-corrected chi connectivity index (χ2v) is 7.49. The molecule has 1 N–H and O–H groups in total. The highest BCUT2D eigenvalue weighted by atomic mass is 35.5. The van der Waals surface area contributed by atoms with Crippen molar-refractivity contribution in [3.05, 3.63) is 0 Å². The second-order valence-electron chi connectivity index (χ2n) is 2.28. The molecule has 52 valence electrons. The lowest BCUT2D eigenvalue weighted by molar-refractivity contribution is 0.561. The molecular weight excluding hydrogens is 163 g/mol. The van der Waals surface area contributed by atoms with Gasteiger partial charge in [-0.2, -0.15) is 0 Å². The van der Waals surface area contributed by atoms with Crippen LogP contribution in [0.25, 0.3) is 0 Å². The molecule has 0 radical (unpaired) electrons. The summed E-state index contributed by atoms with van der Waals surface area (Å²) in [6.07, 6.45) is 0. The Labute approximate surface area is 58.8 Å². The SMILES string of the molecule is C[Si](C)(C)O.[PH3+]OCl. The molecule has 0 heterocycles. The lowest BCUT2D eigenvalue weighted by Crippen LogP contribution is -2.17. The average Bonchev–Trinajstić information content (AvgIpc) is 1.27. The van der Waals surface area contributed by atoms with Gasteiger partial charge >= 0.3 is 0 Å². The van der Waals surface area contributed by atoms with Gasteiger partial charge in [0.2, 0.25) is 0 Å². The van der Waals surface area contributed by atoms with Crippen LogP contribution >= 0.6 is 21.3 Å². The third-order valence-corrected chi connectivity index (χ3v) is 0. The third-order valence-electron chi connectivity index (χ3n) is 0. The molecule has 0 saturated carbocycles. The minimum Gasteiger partial charge on any atom is -0.433 e. The smallest absolute Gasteiger partial charge is 0.179 e. The van der Waals surface area contributed by atoms with Crippen LogP contribution in [0.3, 0.4) is 0 Å². The van der Waals surface area contributed by atoms with Crippen molar-refractivity contribution in [2.75, 3.05) is 0 Å². The van der Waals surface area contributed by atoms with Crippen molar-refractivity contribution >= 4 is 29.7 Å². The highest BCUT2D eigenvalue weighted by Gasteiger charge is 2.03. The topological polar surface area (TPSA) is 29.5 Å². The molecule has 0 saturated heterocycles. The van der Waals surface area contributed by atoms with Crippen LogP contribution in [0.15, 0.2) is 0 Å². The van der Waals surface area contributed by atoms with Crippen LogP contribution in [0.4, 0.5) is 0 Å². The van der Waals surface area contributed by atoms with Gasteiger partial charge in [-0.05, 0) is 19.6 Å². The van der Waals surface area contributed by atoms with Gasteiger partial charge in [0.25, 0.3) is 0 Å². The Bertz CT molecular complexity index is 41.0. The molecule has 0 rings (SSSR count). The quantitative estimate of drug-likeness (QED) is 0.447. The van der Waals surface area contributed by atoms with E-state index in [9.17, 15) is 0 Å². The van der Waals surface area contributed by atoms with E-state index in [1.54, 1.807) is 0 Å². The zero-order valence-corrected chi connectivity index (χ0v) is 8.61. The molecule has 0 spiro atoms. The lowest BCUT2D eigenvalue weighted by Gasteiger charge is -2.00. The summed E-state index contributed by atoms with van der Waals surface area (Å²) < 4.78 is 3.75. The summed E-state index contributed by atoms with van der Waals surface area (Å²) in [5.74, 6) is 0. The van der Waals surface area contributed by atoms with E-state index in [-0.39, 0.29) is 0 Å². The van der Waals surface area contributed by atoms with Gasteiger partial charge in [0, 0.05) is 0 Å². The van der Waals surface area contributed by atoms with Crippen molar-refractivity contribution in [1.29, 1.82) is 0 Å². The minimum absolute atomic E-state index is 1.24. The Morgan fingerprint density at radius 1 is 1.50 bits per heavy atom. The third kappa shape index (κ3) is 320. The predicted molar refractivity (Wildman–Crippen MR) is 43.6 cm³/mol. The highest BCUT2D eigenvalue weighted by Crippen LogP contribution is 1.88. The molecule has 0 aromatic heterocycles. The summed E-state index contributed by atoms with van der Waals surface area (Å²) in [6, 6.07) is 0. The Kier molecular flexibility index (Phi) is 8.70. The van der Waals surface area contributed by atoms with Gasteiger partial charge in [-0.3, -0.25) is 0 Å². The van der Waals surface area contributed by atoms with Crippen LogP contribution in [-0.2, 0) is 4.08 Å². The maximum atomic E-state index is 8.66. The molecule has 2 nitrogen and oxygen atoms in total. The molecular formula is C3H13ClO2PSi+. The summed E-state index contributed by atoms with van der Waals surface area (Å²) >= 11 is 4.51. The first-order valence-corrected chi connectivity index (χ1v) is 6.50. The fourth-order valence-corrected chi connectivity index (χ4v) is 0. The fraction of sp³-hybridized carbons (Fsp3) is 1.00. The zero-order valence-electron chi connectivity index (χ0n) is 5.44. The fourth-order valence-electron chi connectivity index (χ4n) is 0. The first-order chi connectivity index (χ1) is 3.41. The van der Waals surface area contributed by atoms with E-state index < -0.39 is 8.32 Å². The van der Waals surface area contributed by atoms with Crippen LogP contribution in [-0.4, -0.2) is 13.1 Å². The van der Waals surface area contributed by atoms with Gasteiger partial charge in [0.05, 0.1) is 0 Å². The monoisotopic (exact) mass is 175 g/mol. The molecule has 0 aromatic carbocycles. The molecule has 1 unspecified atom stereocenters. The number of hydrogen-bond donors (Lipinski definition) is 1. The number of hydrogen-bond acceptors (Lipinski definition) is 2. The zero-order chi connectivity index (χ0) is 7.21. The Hall–Kier alpha value is 0.857. The molecule has 0 aliphatic rings. The van der Waals surface area contributed by atoms with E-state index in [2.05, 4.69) is 15.9 Å².